The van der Waals surface area contributed by atoms with Gasteiger partial charge in [0.2, 0.25) is 0 Å². The maximum Gasteiger partial charge on any atom is 0.410 e. The number of hydrogen-bond donors (Lipinski definition) is 1. The van der Waals surface area contributed by atoms with Gasteiger partial charge in [0.25, 0.3) is 0 Å². The number of fused-ring (bicyclic) bond motifs is 5. The van der Waals surface area contributed by atoms with Crippen molar-refractivity contribution in [3.05, 3.63) is 59.7 Å². The summed E-state index contributed by atoms with van der Waals surface area (Å²) < 4.78 is 5.84. The van der Waals surface area contributed by atoms with Crippen molar-refractivity contribution in [2.45, 2.75) is 56.2 Å². The first kappa shape index (κ1) is 16.8. The molecule has 2 heterocycles. The van der Waals surface area contributed by atoms with Crippen LogP contribution in [-0.4, -0.2) is 40.9 Å². The highest BCUT2D eigenvalue weighted by molar-refractivity contribution is 5.79. The highest BCUT2D eigenvalue weighted by Gasteiger charge is 2.43. The average molecular weight is 363 g/mol. The van der Waals surface area contributed by atoms with Crippen LogP contribution in [0.5, 0.6) is 0 Å². The second-order valence-corrected chi connectivity index (χ2v) is 8.01. The Kier molecular flexibility index (Phi) is 4.16. The predicted molar refractivity (Wildman–Crippen MR) is 104 cm³/mol. The minimum absolute atomic E-state index is 0.0758. The van der Waals surface area contributed by atoms with E-state index in [1.165, 1.54) is 22.3 Å². The maximum atomic E-state index is 12.9. The summed E-state index contributed by atoms with van der Waals surface area (Å²) in [6, 6.07) is 16.9. The van der Waals surface area contributed by atoms with Crippen molar-refractivity contribution in [3.63, 3.8) is 0 Å². The molecule has 5 rings (SSSR count). The summed E-state index contributed by atoms with van der Waals surface area (Å²) in [4.78, 5) is 14.8. The van der Waals surface area contributed by atoms with Gasteiger partial charge < -0.3 is 9.84 Å². The van der Waals surface area contributed by atoms with Gasteiger partial charge in [-0.1, -0.05) is 48.5 Å². The monoisotopic (exact) mass is 363 g/mol. The molecule has 3 unspecified atom stereocenters. The molecule has 0 radical (unpaired) electrons. The van der Waals surface area contributed by atoms with Crippen LogP contribution < -0.4 is 0 Å². The van der Waals surface area contributed by atoms with Gasteiger partial charge >= 0.3 is 6.09 Å². The van der Waals surface area contributed by atoms with Crippen LogP contribution in [0.25, 0.3) is 11.1 Å². The van der Waals surface area contributed by atoms with E-state index in [0.29, 0.717) is 6.61 Å². The lowest BCUT2D eigenvalue weighted by Crippen LogP contribution is -2.45. The van der Waals surface area contributed by atoms with Crippen LogP contribution >= 0.6 is 0 Å². The average Bonchev–Trinajstić information content (AvgIpc) is 3.20. The molecule has 4 heteroatoms. The summed E-state index contributed by atoms with van der Waals surface area (Å²) in [5, 5.41) is 10.4. The van der Waals surface area contributed by atoms with E-state index in [1.54, 1.807) is 0 Å². The lowest BCUT2D eigenvalue weighted by molar-refractivity contribution is 0.0444. The van der Waals surface area contributed by atoms with Gasteiger partial charge in [-0.15, -0.1) is 0 Å². The minimum Gasteiger partial charge on any atom is -0.448 e. The first-order chi connectivity index (χ1) is 13.2. The van der Waals surface area contributed by atoms with Crippen molar-refractivity contribution in [1.29, 1.82) is 0 Å². The third-order valence-corrected chi connectivity index (χ3v) is 6.57. The van der Waals surface area contributed by atoms with Gasteiger partial charge in [-0.3, -0.25) is 4.90 Å². The summed E-state index contributed by atoms with van der Waals surface area (Å²) in [6.45, 7) is 0.346. The summed E-state index contributed by atoms with van der Waals surface area (Å²) in [5.41, 5.74) is 4.93. The van der Waals surface area contributed by atoms with Crippen LogP contribution in [0.1, 0.15) is 49.1 Å². The predicted octanol–water partition coefficient (Wildman–Crippen LogP) is 4.31. The van der Waals surface area contributed by atoms with Crippen molar-refractivity contribution >= 4 is 6.09 Å². The third-order valence-electron chi connectivity index (χ3n) is 6.57. The number of carbonyl (C=O) groups is 1. The molecule has 2 aromatic carbocycles. The Balaban J connectivity index is 1.37. The van der Waals surface area contributed by atoms with E-state index >= 15 is 0 Å². The summed E-state index contributed by atoms with van der Waals surface area (Å²) >= 11 is 0. The summed E-state index contributed by atoms with van der Waals surface area (Å²) in [7, 11) is 0. The van der Waals surface area contributed by atoms with Crippen molar-refractivity contribution in [2.75, 3.05) is 6.61 Å². The fourth-order valence-electron chi connectivity index (χ4n) is 5.28. The number of amides is 1. The second kappa shape index (κ2) is 6.68. The van der Waals surface area contributed by atoms with E-state index in [-0.39, 0.29) is 24.1 Å². The van der Waals surface area contributed by atoms with Gasteiger partial charge in [-0.05, 0) is 54.4 Å². The van der Waals surface area contributed by atoms with Crippen LogP contribution in [0.4, 0.5) is 4.79 Å². The quantitative estimate of drug-likeness (QED) is 0.865. The molecule has 1 aliphatic carbocycles. The van der Waals surface area contributed by atoms with E-state index in [9.17, 15) is 9.90 Å². The first-order valence-electron chi connectivity index (χ1n) is 10.1. The molecule has 0 saturated carbocycles. The largest absolute Gasteiger partial charge is 0.448 e. The van der Waals surface area contributed by atoms with E-state index in [2.05, 4.69) is 36.4 Å². The topological polar surface area (TPSA) is 49.8 Å². The molecule has 2 bridgehead atoms. The Bertz CT molecular complexity index is 819. The number of aliphatic hydroxyl groups is 1. The van der Waals surface area contributed by atoms with Crippen LogP contribution in [0.2, 0.25) is 0 Å². The Morgan fingerprint density at radius 1 is 0.963 bits per heavy atom. The molecule has 3 aliphatic rings. The molecule has 2 aliphatic heterocycles. The van der Waals surface area contributed by atoms with Gasteiger partial charge in [0.05, 0.1) is 12.1 Å². The summed E-state index contributed by atoms with van der Waals surface area (Å²) in [6.07, 6.45) is 3.92. The van der Waals surface area contributed by atoms with Crippen molar-refractivity contribution in [1.82, 2.24) is 4.90 Å². The summed E-state index contributed by atoms with van der Waals surface area (Å²) in [5.74, 6) is 0.0795. The molecular formula is C23H25NO3. The standard InChI is InChI=1S/C23H25NO3/c25-22-11-5-6-15-12-13-21(22)24(15)23(26)27-14-20-18-9-3-1-7-16(18)17-8-2-4-10-19(17)20/h1-4,7-10,15,20-22,25H,5-6,11-14H2. The van der Waals surface area contributed by atoms with Crippen LogP contribution in [0.15, 0.2) is 48.5 Å². The Morgan fingerprint density at radius 2 is 1.63 bits per heavy atom. The zero-order chi connectivity index (χ0) is 18.4. The highest BCUT2D eigenvalue weighted by Crippen LogP contribution is 2.44. The van der Waals surface area contributed by atoms with Crippen LogP contribution in [0.3, 0.4) is 0 Å². The molecule has 140 valence electrons. The van der Waals surface area contributed by atoms with E-state index < -0.39 is 6.10 Å². The van der Waals surface area contributed by atoms with Crippen molar-refractivity contribution in [3.8, 4) is 11.1 Å². The van der Waals surface area contributed by atoms with E-state index in [1.807, 2.05) is 17.0 Å². The first-order valence-corrected chi connectivity index (χ1v) is 10.1. The lowest BCUT2D eigenvalue weighted by Gasteiger charge is -2.30. The third kappa shape index (κ3) is 2.74. The molecule has 2 fully saturated rings. The molecule has 4 nitrogen and oxygen atoms in total. The SMILES string of the molecule is O=C(OCC1c2ccccc2-c2ccccc21)N1C2CCCC(O)C1CC2. The minimum atomic E-state index is -0.419. The van der Waals surface area contributed by atoms with Gasteiger partial charge in [0, 0.05) is 12.0 Å². The van der Waals surface area contributed by atoms with Gasteiger partial charge in [0.15, 0.2) is 0 Å². The number of hydrogen-bond acceptors (Lipinski definition) is 3. The van der Waals surface area contributed by atoms with Gasteiger partial charge in [0.1, 0.15) is 6.61 Å². The number of ether oxygens (including phenoxy) is 1. The van der Waals surface area contributed by atoms with Crippen molar-refractivity contribution < 1.29 is 14.6 Å². The molecular weight excluding hydrogens is 338 g/mol. The highest BCUT2D eigenvalue weighted by atomic mass is 16.6. The second-order valence-electron chi connectivity index (χ2n) is 8.01. The Labute approximate surface area is 159 Å². The number of carbonyl (C=O) groups excluding carboxylic acids is 1. The Morgan fingerprint density at radius 3 is 2.33 bits per heavy atom. The molecule has 1 amide bonds. The smallest absolute Gasteiger partial charge is 0.410 e. The lowest BCUT2D eigenvalue weighted by atomic mass is 9.98. The maximum absolute atomic E-state index is 12.9. The normalized spacial score (nSPS) is 26.4. The molecule has 0 spiro atoms. The van der Waals surface area contributed by atoms with Gasteiger partial charge in [-0.25, -0.2) is 4.79 Å². The molecule has 2 aromatic rings. The van der Waals surface area contributed by atoms with Gasteiger partial charge in [-0.2, -0.15) is 0 Å². The molecule has 3 atom stereocenters. The zero-order valence-corrected chi connectivity index (χ0v) is 15.4. The number of rotatable bonds is 2. The molecule has 0 aromatic heterocycles. The number of nitrogens with zero attached hydrogens (tertiary/aromatic N) is 1. The van der Waals surface area contributed by atoms with Crippen LogP contribution in [0, 0.1) is 0 Å². The molecule has 2 saturated heterocycles. The number of aliphatic hydroxyl groups excluding tert-OH is 1. The fourth-order valence-corrected chi connectivity index (χ4v) is 5.28. The molecule has 27 heavy (non-hydrogen) atoms. The van der Waals surface area contributed by atoms with E-state index in [4.69, 9.17) is 4.74 Å². The zero-order valence-electron chi connectivity index (χ0n) is 15.4. The van der Waals surface area contributed by atoms with E-state index in [0.717, 1.165) is 32.1 Å². The Hall–Kier alpha value is -2.33. The van der Waals surface area contributed by atoms with Crippen molar-refractivity contribution in [2.24, 2.45) is 0 Å². The fraction of sp³-hybridized carbons (Fsp3) is 0.435. The number of benzene rings is 2. The van der Waals surface area contributed by atoms with Crippen LogP contribution in [-0.2, 0) is 4.74 Å². The molecule has 1 N–H and O–H groups in total.